The van der Waals surface area contributed by atoms with Crippen molar-refractivity contribution >= 4 is 29.0 Å². The van der Waals surface area contributed by atoms with E-state index in [-0.39, 0.29) is 12.5 Å². The average Bonchev–Trinajstić information content (AvgIpc) is 2.91. The van der Waals surface area contributed by atoms with Crippen molar-refractivity contribution in [2.24, 2.45) is 0 Å². The molecule has 0 saturated heterocycles. The van der Waals surface area contributed by atoms with Crippen molar-refractivity contribution < 1.29 is 9.90 Å². The van der Waals surface area contributed by atoms with Crippen molar-refractivity contribution in [2.45, 2.75) is 0 Å². The van der Waals surface area contributed by atoms with Gasteiger partial charge in [0.15, 0.2) is 0 Å². The van der Waals surface area contributed by atoms with Crippen molar-refractivity contribution in [1.82, 2.24) is 0 Å². The molecule has 0 unspecified atom stereocenters. The largest absolute Gasteiger partial charge is 0.392 e. The molecular weight excluding hydrogens is 246 g/mol. The van der Waals surface area contributed by atoms with E-state index in [1.807, 2.05) is 35.7 Å². The van der Waals surface area contributed by atoms with Gasteiger partial charge in [0.2, 0.25) is 0 Å². The zero-order chi connectivity index (χ0) is 12.8. The molecule has 18 heavy (non-hydrogen) atoms. The first-order chi connectivity index (χ1) is 8.79. The molecule has 2 N–H and O–H groups in total. The number of hydrogen-bond donors (Lipinski definition) is 2. The highest BCUT2D eigenvalue weighted by Crippen LogP contribution is 2.15. The summed E-state index contributed by atoms with van der Waals surface area (Å²) in [4.78, 5) is 12.5. The normalized spacial score (nSPS) is 10.7. The fraction of sp³-hybridized carbons (Fsp3) is 0.0714. The lowest BCUT2D eigenvalue weighted by molar-refractivity contribution is 0.103. The van der Waals surface area contributed by atoms with E-state index in [0.29, 0.717) is 4.88 Å². The lowest BCUT2D eigenvalue weighted by Gasteiger charge is -2.04. The molecule has 0 spiro atoms. The summed E-state index contributed by atoms with van der Waals surface area (Å²) in [6.45, 7) is 0.00574. The number of hydrogen-bond acceptors (Lipinski definition) is 3. The van der Waals surface area contributed by atoms with Gasteiger partial charge in [0.1, 0.15) is 0 Å². The number of amides is 1. The molecule has 1 heterocycles. The summed E-state index contributed by atoms with van der Waals surface area (Å²) in [6, 6.07) is 11.1. The Morgan fingerprint density at radius 3 is 2.94 bits per heavy atom. The van der Waals surface area contributed by atoms with Gasteiger partial charge in [0.25, 0.3) is 5.91 Å². The number of aliphatic hydroxyl groups is 1. The van der Waals surface area contributed by atoms with E-state index in [1.54, 1.807) is 18.2 Å². The minimum atomic E-state index is -0.103. The molecule has 0 atom stereocenters. The molecule has 1 aromatic carbocycles. The second-order valence-corrected chi connectivity index (χ2v) is 4.59. The van der Waals surface area contributed by atoms with E-state index in [4.69, 9.17) is 5.11 Å². The van der Waals surface area contributed by atoms with Crippen LogP contribution in [-0.2, 0) is 0 Å². The van der Waals surface area contributed by atoms with Crippen LogP contribution in [0.1, 0.15) is 15.2 Å². The highest BCUT2D eigenvalue weighted by molar-refractivity contribution is 7.12. The predicted molar refractivity (Wildman–Crippen MR) is 74.8 cm³/mol. The number of thiophene rings is 1. The summed E-state index contributed by atoms with van der Waals surface area (Å²) in [5.74, 6) is -0.103. The van der Waals surface area contributed by atoms with E-state index in [0.717, 1.165) is 11.3 Å². The Morgan fingerprint density at radius 1 is 1.33 bits per heavy atom. The molecule has 0 saturated carbocycles. The van der Waals surface area contributed by atoms with Crippen molar-refractivity contribution in [1.29, 1.82) is 0 Å². The van der Waals surface area contributed by atoms with E-state index in [9.17, 15) is 4.79 Å². The van der Waals surface area contributed by atoms with Crippen molar-refractivity contribution in [3.63, 3.8) is 0 Å². The topological polar surface area (TPSA) is 49.3 Å². The Kier molecular flexibility index (Phi) is 4.28. The number of carbonyl (C=O) groups is 1. The van der Waals surface area contributed by atoms with E-state index in [2.05, 4.69) is 5.32 Å². The van der Waals surface area contributed by atoms with Crippen molar-refractivity contribution in [3.05, 3.63) is 58.3 Å². The van der Waals surface area contributed by atoms with E-state index < -0.39 is 0 Å². The molecule has 2 aromatic rings. The minimum absolute atomic E-state index is 0.00574. The highest BCUT2D eigenvalue weighted by atomic mass is 32.1. The van der Waals surface area contributed by atoms with Gasteiger partial charge >= 0.3 is 0 Å². The highest BCUT2D eigenvalue weighted by Gasteiger charge is 2.06. The van der Waals surface area contributed by atoms with E-state index >= 15 is 0 Å². The van der Waals surface area contributed by atoms with Gasteiger partial charge in [-0.1, -0.05) is 30.4 Å². The summed E-state index contributed by atoms with van der Waals surface area (Å²) in [6.07, 6.45) is 3.46. The van der Waals surface area contributed by atoms with Gasteiger partial charge < -0.3 is 10.4 Å². The Balaban J connectivity index is 2.10. The Hall–Kier alpha value is -1.91. The summed E-state index contributed by atoms with van der Waals surface area (Å²) >= 11 is 1.41. The predicted octanol–water partition coefficient (Wildman–Crippen LogP) is 3.01. The van der Waals surface area contributed by atoms with E-state index in [1.165, 1.54) is 11.3 Å². The second kappa shape index (κ2) is 6.14. The van der Waals surface area contributed by atoms with Gasteiger partial charge in [0.05, 0.1) is 11.5 Å². The van der Waals surface area contributed by atoms with Gasteiger partial charge in [0, 0.05) is 5.69 Å². The Bertz CT molecular complexity index is 547. The summed E-state index contributed by atoms with van der Waals surface area (Å²) in [5.41, 5.74) is 1.68. The molecule has 1 aromatic heterocycles. The van der Waals surface area contributed by atoms with Crippen LogP contribution in [0.2, 0.25) is 0 Å². The van der Waals surface area contributed by atoms with Crippen LogP contribution in [0.3, 0.4) is 0 Å². The van der Waals surface area contributed by atoms with Gasteiger partial charge in [-0.05, 0) is 29.1 Å². The lowest BCUT2D eigenvalue weighted by atomic mass is 10.2. The third-order valence-electron chi connectivity index (χ3n) is 2.31. The lowest BCUT2D eigenvalue weighted by Crippen LogP contribution is -2.09. The molecule has 1 amide bonds. The fourth-order valence-electron chi connectivity index (χ4n) is 1.51. The minimum Gasteiger partial charge on any atom is -0.392 e. The number of nitrogens with one attached hydrogen (secondary N) is 1. The number of carbonyl (C=O) groups excluding carboxylic acids is 1. The molecule has 0 aliphatic carbocycles. The van der Waals surface area contributed by atoms with Gasteiger partial charge in [-0.15, -0.1) is 11.3 Å². The van der Waals surface area contributed by atoms with Crippen molar-refractivity contribution in [3.8, 4) is 0 Å². The van der Waals surface area contributed by atoms with Crippen LogP contribution in [-0.4, -0.2) is 17.6 Å². The summed E-state index contributed by atoms with van der Waals surface area (Å²) < 4.78 is 0. The van der Waals surface area contributed by atoms with Crippen LogP contribution in [0.15, 0.2) is 47.9 Å². The molecule has 4 heteroatoms. The maximum atomic E-state index is 11.8. The zero-order valence-corrected chi connectivity index (χ0v) is 10.5. The van der Waals surface area contributed by atoms with Crippen LogP contribution in [0.25, 0.3) is 6.08 Å². The third kappa shape index (κ3) is 3.29. The van der Waals surface area contributed by atoms with Crippen molar-refractivity contribution in [2.75, 3.05) is 11.9 Å². The Labute approximate surface area is 109 Å². The zero-order valence-electron chi connectivity index (χ0n) is 9.67. The monoisotopic (exact) mass is 259 g/mol. The first-order valence-electron chi connectivity index (χ1n) is 5.52. The molecule has 3 nitrogen and oxygen atoms in total. The van der Waals surface area contributed by atoms with Gasteiger partial charge in [-0.2, -0.15) is 0 Å². The quantitative estimate of drug-likeness (QED) is 0.886. The van der Waals surface area contributed by atoms with Crippen LogP contribution in [0, 0.1) is 0 Å². The van der Waals surface area contributed by atoms with Crippen LogP contribution >= 0.6 is 11.3 Å². The Morgan fingerprint density at radius 2 is 2.22 bits per heavy atom. The first kappa shape index (κ1) is 12.5. The third-order valence-corrected chi connectivity index (χ3v) is 3.17. The maximum absolute atomic E-state index is 11.8. The first-order valence-corrected chi connectivity index (χ1v) is 6.40. The summed E-state index contributed by atoms with van der Waals surface area (Å²) in [5, 5.41) is 13.4. The molecular formula is C14H13NO2S. The number of benzene rings is 1. The molecule has 92 valence electrons. The van der Waals surface area contributed by atoms with Crippen LogP contribution < -0.4 is 5.32 Å². The SMILES string of the molecule is O=C(Nc1cccc(C=CCO)c1)c1cccs1. The second-order valence-electron chi connectivity index (χ2n) is 3.64. The van der Waals surface area contributed by atoms with Gasteiger partial charge in [-0.25, -0.2) is 0 Å². The number of aliphatic hydroxyl groups excluding tert-OH is 1. The molecule has 0 aliphatic rings. The molecule has 0 fully saturated rings. The fourth-order valence-corrected chi connectivity index (χ4v) is 2.13. The standard InChI is InChI=1S/C14H13NO2S/c16-8-2-5-11-4-1-6-12(10-11)15-14(17)13-7-3-9-18-13/h1-7,9-10,16H,8H2,(H,15,17). The molecule has 0 radical (unpaired) electrons. The maximum Gasteiger partial charge on any atom is 0.265 e. The van der Waals surface area contributed by atoms with Crippen LogP contribution in [0.5, 0.6) is 0 Å². The molecule has 0 aliphatic heterocycles. The molecule has 0 bridgehead atoms. The van der Waals surface area contributed by atoms with Crippen LogP contribution in [0.4, 0.5) is 5.69 Å². The number of anilines is 1. The number of rotatable bonds is 4. The van der Waals surface area contributed by atoms with Gasteiger partial charge in [-0.3, -0.25) is 4.79 Å². The smallest absolute Gasteiger partial charge is 0.265 e. The average molecular weight is 259 g/mol. The summed E-state index contributed by atoms with van der Waals surface area (Å²) in [7, 11) is 0. The molecule has 2 rings (SSSR count).